The van der Waals surface area contributed by atoms with Crippen molar-refractivity contribution in [2.45, 2.75) is 25.3 Å². The number of rotatable bonds is 6. The van der Waals surface area contributed by atoms with Gasteiger partial charge in [0.05, 0.1) is 5.38 Å². The van der Waals surface area contributed by atoms with Crippen LogP contribution in [0.5, 0.6) is 5.75 Å². The van der Waals surface area contributed by atoms with E-state index in [1.54, 1.807) is 0 Å². The van der Waals surface area contributed by atoms with Gasteiger partial charge in [0.15, 0.2) is 0 Å². The fourth-order valence-electron chi connectivity index (χ4n) is 2.31. The fraction of sp³-hybridized carbons (Fsp3) is 0.333. The van der Waals surface area contributed by atoms with E-state index in [0.717, 1.165) is 30.6 Å². The van der Waals surface area contributed by atoms with Crippen LogP contribution in [0.2, 0.25) is 0 Å². The van der Waals surface area contributed by atoms with Crippen molar-refractivity contribution < 1.29 is 5.11 Å². The lowest BCUT2D eigenvalue weighted by Gasteiger charge is -2.19. The summed E-state index contributed by atoms with van der Waals surface area (Å²) >= 11 is 6.43. The van der Waals surface area contributed by atoms with E-state index in [4.69, 9.17) is 11.6 Å². The van der Waals surface area contributed by atoms with Gasteiger partial charge < -0.3 is 10.0 Å². The predicted molar refractivity (Wildman–Crippen MR) is 88.8 cm³/mol. The molecule has 0 aliphatic carbocycles. The van der Waals surface area contributed by atoms with Crippen molar-refractivity contribution in [2.24, 2.45) is 0 Å². The highest BCUT2D eigenvalue weighted by molar-refractivity contribution is 6.20. The number of hydrogen-bond donors (Lipinski definition) is 1. The number of nitrogens with zero attached hydrogens (tertiary/aromatic N) is 1. The van der Waals surface area contributed by atoms with Crippen LogP contribution >= 0.6 is 11.6 Å². The first-order valence-corrected chi connectivity index (χ1v) is 7.66. The molecule has 0 bridgehead atoms. The zero-order valence-corrected chi connectivity index (χ0v) is 13.3. The van der Waals surface area contributed by atoms with Crippen LogP contribution in [0.25, 0.3) is 0 Å². The minimum Gasteiger partial charge on any atom is -0.508 e. The van der Waals surface area contributed by atoms with E-state index in [1.165, 1.54) is 5.56 Å². The smallest absolute Gasteiger partial charge is 0.118 e. The van der Waals surface area contributed by atoms with E-state index >= 15 is 0 Å². The summed E-state index contributed by atoms with van der Waals surface area (Å²) in [5, 5.41) is 9.78. The van der Waals surface area contributed by atoms with Crippen molar-refractivity contribution >= 4 is 11.6 Å². The average Bonchev–Trinajstić information content (AvgIpc) is 2.49. The lowest BCUT2D eigenvalue weighted by atomic mass is 10.1. The molecule has 0 spiro atoms. The summed E-state index contributed by atoms with van der Waals surface area (Å²) in [7, 11) is 2.07. The van der Waals surface area contributed by atoms with E-state index in [9.17, 15) is 5.11 Å². The van der Waals surface area contributed by atoms with Crippen molar-refractivity contribution in [3.8, 4) is 5.75 Å². The number of hydrogen-bond acceptors (Lipinski definition) is 2. The number of aromatic hydroxyl groups is 1. The molecular formula is C18H22ClNO. The molecular weight excluding hydrogens is 282 g/mol. The summed E-state index contributed by atoms with van der Waals surface area (Å²) in [5.41, 5.74) is 3.19. The van der Waals surface area contributed by atoms with Gasteiger partial charge in [0.25, 0.3) is 0 Å². The van der Waals surface area contributed by atoms with Crippen LogP contribution in [0.1, 0.15) is 28.5 Å². The molecule has 21 heavy (non-hydrogen) atoms. The second kappa shape index (κ2) is 7.48. The third-order valence-corrected chi connectivity index (χ3v) is 4.12. The van der Waals surface area contributed by atoms with Crippen LogP contribution in [0.4, 0.5) is 0 Å². The molecule has 0 amide bonds. The maximum absolute atomic E-state index is 9.74. The molecule has 0 aliphatic heterocycles. The lowest BCUT2D eigenvalue weighted by molar-refractivity contribution is 0.320. The standard InChI is InChI=1S/C18H22ClNO/c1-14-8-9-15(12-18(14)21)13-20(2)11-10-17(19)16-6-4-3-5-7-16/h3-9,12,17,21H,10-11,13H2,1-2H3. The number of halogens is 1. The fourth-order valence-corrected chi connectivity index (χ4v) is 2.55. The Balaban J connectivity index is 1.84. The van der Waals surface area contributed by atoms with Crippen molar-refractivity contribution in [1.29, 1.82) is 0 Å². The summed E-state index contributed by atoms with van der Waals surface area (Å²) in [5.74, 6) is 0.361. The highest BCUT2D eigenvalue weighted by Crippen LogP contribution is 2.24. The Bertz CT molecular complexity index is 571. The van der Waals surface area contributed by atoms with Gasteiger partial charge in [0.1, 0.15) is 5.75 Å². The molecule has 0 saturated heterocycles. The van der Waals surface area contributed by atoms with E-state index < -0.39 is 0 Å². The van der Waals surface area contributed by atoms with E-state index in [0.29, 0.717) is 5.75 Å². The lowest BCUT2D eigenvalue weighted by Crippen LogP contribution is -2.20. The van der Waals surface area contributed by atoms with Gasteiger partial charge in [-0.05, 0) is 49.7 Å². The molecule has 1 atom stereocenters. The Morgan fingerprint density at radius 3 is 2.52 bits per heavy atom. The van der Waals surface area contributed by atoms with Crippen molar-refractivity contribution in [1.82, 2.24) is 4.90 Å². The van der Waals surface area contributed by atoms with Gasteiger partial charge in [-0.25, -0.2) is 0 Å². The molecule has 112 valence electrons. The Morgan fingerprint density at radius 1 is 1.14 bits per heavy atom. The van der Waals surface area contributed by atoms with Crippen molar-refractivity contribution in [2.75, 3.05) is 13.6 Å². The van der Waals surface area contributed by atoms with Gasteiger partial charge in [-0.3, -0.25) is 0 Å². The summed E-state index contributed by atoms with van der Waals surface area (Å²) < 4.78 is 0. The van der Waals surface area contributed by atoms with Gasteiger partial charge >= 0.3 is 0 Å². The summed E-state index contributed by atoms with van der Waals surface area (Å²) in [6.45, 7) is 3.63. The molecule has 0 heterocycles. The Hall–Kier alpha value is -1.51. The first kappa shape index (κ1) is 15.9. The van der Waals surface area contributed by atoms with Gasteiger partial charge in [-0.1, -0.05) is 42.5 Å². The minimum atomic E-state index is 0.0417. The zero-order chi connectivity index (χ0) is 15.2. The van der Waals surface area contributed by atoms with Crippen LogP contribution in [-0.4, -0.2) is 23.6 Å². The van der Waals surface area contributed by atoms with Gasteiger partial charge in [-0.2, -0.15) is 0 Å². The first-order valence-electron chi connectivity index (χ1n) is 7.22. The van der Waals surface area contributed by atoms with E-state index in [1.807, 2.05) is 37.3 Å². The van der Waals surface area contributed by atoms with Gasteiger partial charge in [-0.15, -0.1) is 11.6 Å². The average molecular weight is 304 g/mol. The summed E-state index contributed by atoms with van der Waals surface area (Å²) in [6.07, 6.45) is 0.903. The van der Waals surface area contributed by atoms with Gasteiger partial charge in [0, 0.05) is 6.54 Å². The largest absolute Gasteiger partial charge is 0.508 e. The maximum Gasteiger partial charge on any atom is 0.118 e. The molecule has 0 fully saturated rings. The van der Waals surface area contributed by atoms with Crippen LogP contribution in [0.15, 0.2) is 48.5 Å². The van der Waals surface area contributed by atoms with Crippen LogP contribution < -0.4 is 0 Å². The molecule has 0 radical (unpaired) electrons. The number of benzene rings is 2. The van der Waals surface area contributed by atoms with Crippen LogP contribution in [0, 0.1) is 6.92 Å². The second-order valence-corrected chi connectivity index (χ2v) is 6.05. The van der Waals surface area contributed by atoms with E-state index in [2.05, 4.69) is 30.1 Å². The molecule has 1 unspecified atom stereocenters. The highest BCUT2D eigenvalue weighted by Gasteiger charge is 2.09. The van der Waals surface area contributed by atoms with E-state index in [-0.39, 0.29) is 5.38 Å². The monoisotopic (exact) mass is 303 g/mol. The number of phenols is 1. The Morgan fingerprint density at radius 2 is 1.86 bits per heavy atom. The molecule has 2 aromatic carbocycles. The zero-order valence-electron chi connectivity index (χ0n) is 12.6. The second-order valence-electron chi connectivity index (χ2n) is 5.53. The maximum atomic E-state index is 9.74. The molecule has 2 aromatic rings. The molecule has 1 N–H and O–H groups in total. The molecule has 2 nitrogen and oxygen atoms in total. The van der Waals surface area contributed by atoms with Gasteiger partial charge in [0.2, 0.25) is 0 Å². The van der Waals surface area contributed by atoms with Crippen LogP contribution in [-0.2, 0) is 6.54 Å². The first-order chi connectivity index (χ1) is 10.1. The molecule has 0 aromatic heterocycles. The predicted octanol–water partition coefficient (Wildman–Crippen LogP) is 4.50. The van der Waals surface area contributed by atoms with Crippen molar-refractivity contribution in [3.63, 3.8) is 0 Å². The number of phenolic OH excluding ortho intramolecular Hbond substituents is 1. The Labute approximate surface area is 132 Å². The molecule has 0 saturated carbocycles. The molecule has 3 heteroatoms. The Kier molecular flexibility index (Phi) is 5.66. The van der Waals surface area contributed by atoms with Crippen LogP contribution in [0.3, 0.4) is 0 Å². The minimum absolute atomic E-state index is 0.0417. The van der Waals surface area contributed by atoms with Crippen molar-refractivity contribution in [3.05, 3.63) is 65.2 Å². The normalized spacial score (nSPS) is 12.6. The molecule has 0 aliphatic rings. The summed E-state index contributed by atoms with van der Waals surface area (Å²) in [6, 6.07) is 16.0. The summed E-state index contributed by atoms with van der Waals surface area (Å²) in [4.78, 5) is 2.22. The highest BCUT2D eigenvalue weighted by atomic mass is 35.5. The third kappa shape index (κ3) is 4.76. The quantitative estimate of drug-likeness (QED) is 0.794. The molecule has 2 rings (SSSR count). The topological polar surface area (TPSA) is 23.5 Å². The number of alkyl halides is 1. The SMILES string of the molecule is Cc1ccc(CN(C)CCC(Cl)c2ccccc2)cc1O. The number of aryl methyl sites for hydroxylation is 1. The third-order valence-electron chi connectivity index (χ3n) is 3.65.